The summed E-state index contributed by atoms with van der Waals surface area (Å²) in [6.45, 7) is 4.15. The van der Waals surface area contributed by atoms with Crippen LogP contribution in [0.25, 0.3) is 0 Å². The molecule has 2 aromatic rings. The third kappa shape index (κ3) is 4.97. The molecule has 2 rings (SSSR count). The third-order valence-electron chi connectivity index (χ3n) is 3.09. The molecule has 0 bridgehead atoms. The van der Waals surface area contributed by atoms with Gasteiger partial charge in [0, 0.05) is 0 Å². The zero-order chi connectivity index (χ0) is 15.6. The Morgan fingerprint density at radius 2 is 1.59 bits per heavy atom. The van der Waals surface area contributed by atoms with Crippen molar-refractivity contribution in [2.75, 3.05) is 26.4 Å². The van der Waals surface area contributed by atoms with Gasteiger partial charge >= 0.3 is 0 Å². The highest BCUT2D eigenvalue weighted by Crippen LogP contribution is 2.26. The van der Waals surface area contributed by atoms with Gasteiger partial charge in [0.2, 0.25) is 0 Å². The number of rotatable bonds is 9. The molecule has 4 nitrogen and oxygen atoms in total. The fourth-order valence-corrected chi connectivity index (χ4v) is 2.11. The standard InChI is InChI=1S/C18H23NO3/c1-2-20-17-8-3-4-9-18(17)22-13-12-21-16-7-5-6-15(14-16)10-11-19/h3-9,14H,2,10-13,19H2,1H3. The summed E-state index contributed by atoms with van der Waals surface area (Å²) in [5, 5.41) is 0. The summed E-state index contributed by atoms with van der Waals surface area (Å²) in [7, 11) is 0. The molecule has 0 atom stereocenters. The highest BCUT2D eigenvalue weighted by molar-refractivity contribution is 5.39. The van der Waals surface area contributed by atoms with Gasteiger partial charge in [0.05, 0.1) is 6.61 Å². The average Bonchev–Trinajstić information content (AvgIpc) is 2.54. The number of hydrogen-bond acceptors (Lipinski definition) is 4. The molecule has 2 N–H and O–H groups in total. The molecule has 0 fully saturated rings. The molecule has 4 heteroatoms. The van der Waals surface area contributed by atoms with Crippen LogP contribution >= 0.6 is 0 Å². The first-order chi connectivity index (χ1) is 10.8. The van der Waals surface area contributed by atoms with Crippen LogP contribution in [-0.2, 0) is 6.42 Å². The fraction of sp³-hybridized carbons (Fsp3) is 0.333. The van der Waals surface area contributed by atoms with Crippen molar-refractivity contribution in [3.63, 3.8) is 0 Å². The Morgan fingerprint density at radius 1 is 0.864 bits per heavy atom. The van der Waals surface area contributed by atoms with Crippen molar-refractivity contribution < 1.29 is 14.2 Å². The maximum Gasteiger partial charge on any atom is 0.161 e. The summed E-state index contributed by atoms with van der Waals surface area (Å²) in [6.07, 6.45) is 0.857. The predicted molar refractivity (Wildman–Crippen MR) is 87.8 cm³/mol. The van der Waals surface area contributed by atoms with Crippen molar-refractivity contribution in [2.45, 2.75) is 13.3 Å². The van der Waals surface area contributed by atoms with Gasteiger partial charge in [-0.2, -0.15) is 0 Å². The lowest BCUT2D eigenvalue weighted by Gasteiger charge is -2.12. The monoisotopic (exact) mass is 301 g/mol. The molecule has 0 spiro atoms. The maximum atomic E-state index is 5.72. The van der Waals surface area contributed by atoms with E-state index in [4.69, 9.17) is 19.9 Å². The third-order valence-corrected chi connectivity index (χ3v) is 3.09. The largest absolute Gasteiger partial charge is 0.490 e. The number of nitrogens with two attached hydrogens (primary N) is 1. The van der Waals surface area contributed by atoms with E-state index >= 15 is 0 Å². The average molecular weight is 301 g/mol. The van der Waals surface area contributed by atoms with Gasteiger partial charge in [-0.3, -0.25) is 0 Å². The van der Waals surface area contributed by atoms with Crippen LogP contribution in [0.15, 0.2) is 48.5 Å². The summed E-state index contributed by atoms with van der Waals surface area (Å²) in [5.41, 5.74) is 6.75. The van der Waals surface area contributed by atoms with Gasteiger partial charge in [-0.05, 0) is 49.7 Å². The Labute approximate surface area is 131 Å². The molecule has 0 aliphatic rings. The molecule has 0 heterocycles. The molecule has 118 valence electrons. The molecule has 0 aromatic heterocycles. The highest BCUT2D eigenvalue weighted by Gasteiger charge is 2.03. The Balaban J connectivity index is 1.81. The normalized spacial score (nSPS) is 10.3. The second-order valence-electron chi connectivity index (χ2n) is 4.76. The molecule has 0 radical (unpaired) electrons. The van der Waals surface area contributed by atoms with Crippen LogP contribution in [0.3, 0.4) is 0 Å². The lowest BCUT2D eigenvalue weighted by Crippen LogP contribution is -2.10. The molecule has 0 amide bonds. The van der Waals surface area contributed by atoms with Crippen LogP contribution in [0.5, 0.6) is 17.2 Å². The summed E-state index contributed by atoms with van der Waals surface area (Å²) in [6, 6.07) is 15.6. The van der Waals surface area contributed by atoms with E-state index in [-0.39, 0.29) is 0 Å². The summed E-state index contributed by atoms with van der Waals surface area (Å²) >= 11 is 0. The molecule has 0 aliphatic carbocycles. The van der Waals surface area contributed by atoms with E-state index in [2.05, 4.69) is 6.07 Å². The number of para-hydroxylation sites is 2. The second-order valence-corrected chi connectivity index (χ2v) is 4.76. The van der Waals surface area contributed by atoms with Gasteiger partial charge in [-0.15, -0.1) is 0 Å². The van der Waals surface area contributed by atoms with Crippen molar-refractivity contribution in [3.05, 3.63) is 54.1 Å². The Kier molecular flexibility index (Phi) is 6.58. The van der Waals surface area contributed by atoms with Crippen molar-refractivity contribution in [3.8, 4) is 17.2 Å². The van der Waals surface area contributed by atoms with E-state index in [1.165, 1.54) is 5.56 Å². The van der Waals surface area contributed by atoms with Crippen LogP contribution in [-0.4, -0.2) is 26.4 Å². The predicted octanol–water partition coefficient (Wildman–Crippen LogP) is 3.04. The van der Waals surface area contributed by atoms with E-state index in [0.717, 1.165) is 23.7 Å². The van der Waals surface area contributed by atoms with Crippen molar-refractivity contribution >= 4 is 0 Å². The molecular weight excluding hydrogens is 278 g/mol. The molecule has 0 unspecified atom stereocenters. The minimum Gasteiger partial charge on any atom is -0.490 e. The molecule has 0 saturated carbocycles. The molecule has 2 aromatic carbocycles. The van der Waals surface area contributed by atoms with Gasteiger partial charge in [0.15, 0.2) is 11.5 Å². The topological polar surface area (TPSA) is 53.7 Å². The van der Waals surface area contributed by atoms with Crippen molar-refractivity contribution in [1.29, 1.82) is 0 Å². The van der Waals surface area contributed by atoms with Crippen molar-refractivity contribution in [1.82, 2.24) is 0 Å². The number of benzene rings is 2. The summed E-state index contributed by atoms with van der Waals surface area (Å²) in [5.74, 6) is 2.34. The quantitative estimate of drug-likeness (QED) is 0.723. The fourth-order valence-electron chi connectivity index (χ4n) is 2.11. The maximum absolute atomic E-state index is 5.72. The summed E-state index contributed by atoms with van der Waals surface area (Å²) < 4.78 is 16.9. The Morgan fingerprint density at radius 3 is 2.32 bits per heavy atom. The Bertz CT molecular complexity index is 572. The van der Waals surface area contributed by atoms with Gasteiger partial charge in [0.1, 0.15) is 19.0 Å². The zero-order valence-electron chi connectivity index (χ0n) is 13.0. The molecule has 22 heavy (non-hydrogen) atoms. The van der Waals surface area contributed by atoms with Gasteiger partial charge < -0.3 is 19.9 Å². The lowest BCUT2D eigenvalue weighted by molar-refractivity contribution is 0.208. The van der Waals surface area contributed by atoms with E-state index in [9.17, 15) is 0 Å². The minimum absolute atomic E-state index is 0.463. The first-order valence-corrected chi connectivity index (χ1v) is 7.60. The minimum atomic E-state index is 0.463. The number of hydrogen-bond donors (Lipinski definition) is 1. The molecular formula is C18H23NO3. The van der Waals surface area contributed by atoms with E-state index in [1.807, 2.05) is 49.4 Å². The summed E-state index contributed by atoms with van der Waals surface area (Å²) in [4.78, 5) is 0. The first-order valence-electron chi connectivity index (χ1n) is 7.60. The highest BCUT2D eigenvalue weighted by atomic mass is 16.5. The van der Waals surface area contributed by atoms with Crippen LogP contribution in [0.4, 0.5) is 0 Å². The van der Waals surface area contributed by atoms with E-state index in [1.54, 1.807) is 0 Å². The van der Waals surface area contributed by atoms with Crippen LogP contribution in [0, 0.1) is 0 Å². The van der Waals surface area contributed by atoms with Gasteiger partial charge in [0.25, 0.3) is 0 Å². The SMILES string of the molecule is CCOc1ccccc1OCCOc1cccc(CCN)c1. The molecule has 0 aliphatic heterocycles. The van der Waals surface area contributed by atoms with Crippen molar-refractivity contribution in [2.24, 2.45) is 5.73 Å². The second kappa shape index (κ2) is 8.95. The Hall–Kier alpha value is -2.20. The van der Waals surface area contributed by atoms with Gasteiger partial charge in [-0.25, -0.2) is 0 Å². The smallest absolute Gasteiger partial charge is 0.161 e. The first kappa shape index (κ1) is 16.2. The van der Waals surface area contributed by atoms with Crippen LogP contribution < -0.4 is 19.9 Å². The van der Waals surface area contributed by atoms with E-state index in [0.29, 0.717) is 26.4 Å². The lowest BCUT2D eigenvalue weighted by atomic mass is 10.1. The zero-order valence-corrected chi connectivity index (χ0v) is 13.0. The van der Waals surface area contributed by atoms with E-state index < -0.39 is 0 Å². The molecule has 0 saturated heterocycles. The van der Waals surface area contributed by atoms with Gasteiger partial charge in [-0.1, -0.05) is 24.3 Å². The number of ether oxygens (including phenoxy) is 3. The van der Waals surface area contributed by atoms with Crippen LogP contribution in [0.1, 0.15) is 12.5 Å². The van der Waals surface area contributed by atoms with Crippen LogP contribution in [0.2, 0.25) is 0 Å².